The number of phenolic OH excluding ortho intramolecular Hbond substituents is 1. The Bertz CT molecular complexity index is 686. The van der Waals surface area contributed by atoms with Crippen LogP contribution in [0.15, 0.2) is 36.4 Å². The number of benzene rings is 2. The Hall–Kier alpha value is -1.71. The number of halogens is 2. The van der Waals surface area contributed by atoms with E-state index in [0.29, 0.717) is 16.6 Å². The van der Waals surface area contributed by atoms with Crippen molar-refractivity contribution < 1.29 is 9.90 Å². The van der Waals surface area contributed by atoms with E-state index in [0.717, 1.165) is 11.1 Å². The standard InChI is InChI=1S/C16H15Cl2NO2/c1-10-3-5-12(15(20)7-10)16(21)19(2)9-11-4-6-13(17)14(18)8-11/h3-8,20H,9H2,1-2H3. The van der Waals surface area contributed by atoms with Crippen molar-refractivity contribution in [2.45, 2.75) is 13.5 Å². The Morgan fingerprint density at radius 2 is 1.86 bits per heavy atom. The Morgan fingerprint density at radius 3 is 2.48 bits per heavy atom. The summed E-state index contributed by atoms with van der Waals surface area (Å²) in [6, 6.07) is 10.2. The van der Waals surface area contributed by atoms with E-state index in [9.17, 15) is 9.90 Å². The first-order valence-electron chi connectivity index (χ1n) is 6.37. The van der Waals surface area contributed by atoms with Crippen LogP contribution in [-0.2, 0) is 6.54 Å². The first kappa shape index (κ1) is 15.7. The molecule has 2 rings (SSSR count). The lowest BCUT2D eigenvalue weighted by Crippen LogP contribution is -2.26. The van der Waals surface area contributed by atoms with E-state index in [1.807, 2.05) is 13.0 Å². The summed E-state index contributed by atoms with van der Waals surface area (Å²) in [4.78, 5) is 13.9. The molecule has 0 aliphatic heterocycles. The molecule has 110 valence electrons. The van der Waals surface area contributed by atoms with Crippen molar-refractivity contribution in [2.75, 3.05) is 7.05 Å². The van der Waals surface area contributed by atoms with Crippen LogP contribution in [0.4, 0.5) is 0 Å². The van der Waals surface area contributed by atoms with Crippen LogP contribution >= 0.6 is 23.2 Å². The van der Waals surface area contributed by atoms with Gasteiger partial charge in [-0.1, -0.05) is 35.3 Å². The maximum absolute atomic E-state index is 12.3. The summed E-state index contributed by atoms with van der Waals surface area (Å²) < 4.78 is 0. The number of hydrogen-bond donors (Lipinski definition) is 1. The molecule has 0 aromatic heterocycles. The van der Waals surface area contributed by atoms with Crippen molar-refractivity contribution in [3.8, 4) is 5.75 Å². The van der Waals surface area contributed by atoms with Crippen molar-refractivity contribution in [3.05, 3.63) is 63.1 Å². The Balaban J connectivity index is 2.17. The average molecular weight is 324 g/mol. The zero-order valence-corrected chi connectivity index (χ0v) is 13.2. The molecular weight excluding hydrogens is 309 g/mol. The molecule has 0 saturated heterocycles. The summed E-state index contributed by atoms with van der Waals surface area (Å²) in [5.74, 6) is -0.264. The van der Waals surface area contributed by atoms with Gasteiger partial charge in [0.2, 0.25) is 0 Å². The third-order valence-electron chi connectivity index (χ3n) is 3.13. The van der Waals surface area contributed by atoms with Crippen LogP contribution in [0.1, 0.15) is 21.5 Å². The number of aryl methyl sites for hydroxylation is 1. The van der Waals surface area contributed by atoms with Crippen LogP contribution < -0.4 is 0 Å². The van der Waals surface area contributed by atoms with Gasteiger partial charge in [0, 0.05) is 13.6 Å². The van der Waals surface area contributed by atoms with E-state index in [-0.39, 0.29) is 17.2 Å². The lowest BCUT2D eigenvalue weighted by molar-refractivity contribution is 0.0782. The predicted molar refractivity (Wildman–Crippen MR) is 85.1 cm³/mol. The molecule has 2 aromatic carbocycles. The van der Waals surface area contributed by atoms with Gasteiger partial charge in [-0.05, 0) is 42.3 Å². The van der Waals surface area contributed by atoms with Gasteiger partial charge in [0.05, 0.1) is 15.6 Å². The third kappa shape index (κ3) is 3.69. The highest BCUT2D eigenvalue weighted by atomic mass is 35.5. The predicted octanol–water partition coefficient (Wildman–Crippen LogP) is 4.28. The smallest absolute Gasteiger partial charge is 0.257 e. The summed E-state index contributed by atoms with van der Waals surface area (Å²) in [5, 5.41) is 10.8. The molecule has 0 unspecified atom stereocenters. The number of amides is 1. The number of rotatable bonds is 3. The summed E-state index contributed by atoms with van der Waals surface area (Å²) in [6.45, 7) is 2.23. The van der Waals surface area contributed by atoms with Gasteiger partial charge in [0.1, 0.15) is 5.75 Å². The third-order valence-corrected chi connectivity index (χ3v) is 3.87. The van der Waals surface area contributed by atoms with Crippen LogP contribution in [0.5, 0.6) is 5.75 Å². The van der Waals surface area contributed by atoms with Crippen LogP contribution in [0.2, 0.25) is 10.0 Å². The second-order valence-corrected chi connectivity index (χ2v) is 5.74. The monoisotopic (exact) mass is 323 g/mol. The van der Waals surface area contributed by atoms with Gasteiger partial charge >= 0.3 is 0 Å². The summed E-state index contributed by atoms with van der Waals surface area (Å²) in [6.07, 6.45) is 0. The van der Waals surface area contributed by atoms with E-state index in [1.165, 1.54) is 4.90 Å². The number of aromatic hydroxyl groups is 1. The normalized spacial score (nSPS) is 10.5. The fourth-order valence-corrected chi connectivity index (χ4v) is 2.33. The maximum atomic E-state index is 12.3. The van der Waals surface area contributed by atoms with Gasteiger partial charge < -0.3 is 10.0 Å². The quantitative estimate of drug-likeness (QED) is 0.915. The zero-order chi connectivity index (χ0) is 15.6. The van der Waals surface area contributed by atoms with Crippen LogP contribution in [0.25, 0.3) is 0 Å². The molecule has 0 aliphatic rings. The molecule has 0 atom stereocenters. The number of hydrogen-bond acceptors (Lipinski definition) is 2. The van der Waals surface area contributed by atoms with Crippen molar-refractivity contribution in [2.24, 2.45) is 0 Å². The van der Waals surface area contributed by atoms with Gasteiger partial charge in [-0.15, -0.1) is 0 Å². The first-order valence-corrected chi connectivity index (χ1v) is 7.13. The molecule has 0 bridgehead atoms. The van der Waals surface area contributed by atoms with E-state index in [2.05, 4.69) is 0 Å². The fourth-order valence-electron chi connectivity index (χ4n) is 2.01. The van der Waals surface area contributed by atoms with E-state index in [1.54, 1.807) is 37.4 Å². The number of carbonyl (C=O) groups is 1. The van der Waals surface area contributed by atoms with Gasteiger partial charge in [-0.2, -0.15) is 0 Å². The highest BCUT2D eigenvalue weighted by Gasteiger charge is 2.16. The van der Waals surface area contributed by atoms with E-state index in [4.69, 9.17) is 23.2 Å². The van der Waals surface area contributed by atoms with Gasteiger partial charge in [0.25, 0.3) is 5.91 Å². The molecule has 0 saturated carbocycles. The van der Waals surface area contributed by atoms with Crippen LogP contribution in [0, 0.1) is 6.92 Å². The number of carbonyl (C=O) groups excluding carboxylic acids is 1. The Labute approximate surface area is 133 Å². The van der Waals surface area contributed by atoms with Gasteiger partial charge in [0.15, 0.2) is 0 Å². The van der Waals surface area contributed by atoms with Gasteiger partial charge in [-0.3, -0.25) is 4.79 Å². The van der Waals surface area contributed by atoms with Crippen molar-refractivity contribution in [1.29, 1.82) is 0 Å². The summed E-state index contributed by atoms with van der Waals surface area (Å²) in [5.41, 5.74) is 2.05. The molecule has 3 nitrogen and oxygen atoms in total. The lowest BCUT2D eigenvalue weighted by Gasteiger charge is -2.18. The number of nitrogens with zero attached hydrogens (tertiary/aromatic N) is 1. The van der Waals surface area contributed by atoms with E-state index < -0.39 is 0 Å². The minimum atomic E-state index is -0.251. The Kier molecular flexibility index (Phi) is 4.76. The highest BCUT2D eigenvalue weighted by Crippen LogP contribution is 2.24. The molecule has 0 spiro atoms. The molecule has 1 amide bonds. The molecular formula is C16H15Cl2NO2. The van der Waals surface area contributed by atoms with Crippen molar-refractivity contribution >= 4 is 29.1 Å². The first-order chi connectivity index (χ1) is 9.88. The average Bonchev–Trinajstić information content (AvgIpc) is 2.42. The van der Waals surface area contributed by atoms with Crippen molar-refractivity contribution in [1.82, 2.24) is 4.90 Å². The highest BCUT2D eigenvalue weighted by molar-refractivity contribution is 6.42. The SMILES string of the molecule is Cc1ccc(C(=O)N(C)Cc2ccc(Cl)c(Cl)c2)c(O)c1. The fraction of sp³-hybridized carbons (Fsp3) is 0.188. The molecule has 0 fully saturated rings. The molecule has 5 heteroatoms. The van der Waals surface area contributed by atoms with E-state index >= 15 is 0 Å². The van der Waals surface area contributed by atoms with Crippen LogP contribution in [-0.4, -0.2) is 23.0 Å². The summed E-state index contributed by atoms with van der Waals surface area (Å²) >= 11 is 11.8. The molecule has 1 N–H and O–H groups in total. The second kappa shape index (κ2) is 6.37. The molecule has 0 aliphatic carbocycles. The number of phenols is 1. The minimum Gasteiger partial charge on any atom is -0.507 e. The largest absolute Gasteiger partial charge is 0.507 e. The summed E-state index contributed by atoms with van der Waals surface area (Å²) in [7, 11) is 1.67. The minimum absolute atomic E-state index is 0.0130. The lowest BCUT2D eigenvalue weighted by atomic mass is 10.1. The van der Waals surface area contributed by atoms with Crippen molar-refractivity contribution in [3.63, 3.8) is 0 Å². The van der Waals surface area contributed by atoms with Crippen LogP contribution in [0.3, 0.4) is 0 Å². The maximum Gasteiger partial charge on any atom is 0.257 e. The second-order valence-electron chi connectivity index (χ2n) is 4.93. The topological polar surface area (TPSA) is 40.5 Å². The van der Waals surface area contributed by atoms with Gasteiger partial charge in [-0.25, -0.2) is 0 Å². The Morgan fingerprint density at radius 1 is 1.14 bits per heavy atom. The molecule has 0 radical (unpaired) electrons. The zero-order valence-electron chi connectivity index (χ0n) is 11.7. The molecule has 2 aromatic rings. The molecule has 21 heavy (non-hydrogen) atoms. The molecule has 0 heterocycles.